The van der Waals surface area contributed by atoms with E-state index in [9.17, 15) is 13.2 Å². The number of sulfonamides is 1. The highest BCUT2D eigenvalue weighted by molar-refractivity contribution is 7.89. The Kier molecular flexibility index (Phi) is 7.29. The van der Waals surface area contributed by atoms with E-state index in [1.165, 1.54) is 0 Å². The molecule has 8 heteroatoms. The van der Waals surface area contributed by atoms with Gasteiger partial charge in [-0.1, -0.05) is 0 Å². The summed E-state index contributed by atoms with van der Waals surface area (Å²) in [6, 6.07) is 0. The second-order valence-corrected chi connectivity index (χ2v) is 6.46. The van der Waals surface area contributed by atoms with Crippen LogP contribution in [0.4, 0.5) is 0 Å². The first-order valence-electron chi connectivity index (χ1n) is 6.51. The molecule has 0 amide bonds. The van der Waals surface area contributed by atoms with Crippen molar-refractivity contribution in [3.8, 4) is 0 Å². The van der Waals surface area contributed by atoms with Crippen molar-refractivity contribution in [1.29, 1.82) is 0 Å². The minimum Gasteiger partial charge on any atom is -0.481 e. The molecule has 0 spiro atoms. The van der Waals surface area contributed by atoms with E-state index in [1.54, 1.807) is 0 Å². The summed E-state index contributed by atoms with van der Waals surface area (Å²) in [4.78, 5) is 10.3. The second kappa shape index (κ2) is 8.47. The molecule has 0 radical (unpaired) electrons. The number of hydrogen-bond acceptors (Lipinski definition) is 5. The predicted molar refractivity (Wildman–Crippen MR) is 70.5 cm³/mol. The van der Waals surface area contributed by atoms with Crippen molar-refractivity contribution in [2.75, 3.05) is 32.0 Å². The topological polar surface area (TPSA) is 105 Å². The number of nitrogens with one attached hydrogen (secondary N) is 2. The Bertz CT molecular complexity index is 365. The molecule has 0 aromatic heterocycles. The van der Waals surface area contributed by atoms with Gasteiger partial charge >= 0.3 is 5.97 Å². The summed E-state index contributed by atoms with van der Waals surface area (Å²) in [7, 11) is -3.39. The fourth-order valence-electron chi connectivity index (χ4n) is 1.87. The zero-order valence-electron chi connectivity index (χ0n) is 10.9. The van der Waals surface area contributed by atoms with Gasteiger partial charge in [-0.2, -0.15) is 0 Å². The Morgan fingerprint density at radius 3 is 2.68 bits per heavy atom. The number of carboxylic acids is 1. The summed E-state index contributed by atoms with van der Waals surface area (Å²) < 4.78 is 31.0. The van der Waals surface area contributed by atoms with Crippen molar-refractivity contribution >= 4 is 16.0 Å². The first-order valence-corrected chi connectivity index (χ1v) is 8.16. The molecule has 1 heterocycles. The van der Waals surface area contributed by atoms with E-state index in [-0.39, 0.29) is 31.2 Å². The molecule has 112 valence electrons. The monoisotopic (exact) mass is 294 g/mol. The number of aliphatic carboxylic acids is 1. The zero-order valence-corrected chi connectivity index (χ0v) is 11.7. The molecule has 0 atom stereocenters. The number of carboxylic acid groups (broad SMARTS) is 1. The summed E-state index contributed by atoms with van der Waals surface area (Å²) in [5.74, 6) is -1.14. The van der Waals surface area contributed by atoms with Gasteiger partial charge in [0.25, 0.3) is 0 Å². The molecular formula is C11H22N2O5S. The van der Waals surface area contributed by atoms with E-state index in [0.29, 0.717) is 6.61 Å². The molecule has 19 heavy (non-hydrogen) atoms. The van der Waals surface area contributed by atoms with Gasteiger partial charge in [-0.3, -0.25) is 4.79 Å². The van der Waals surface area contributed by atoms with Crippen molar-refractivity contribution in [3.05, 3.63) is 0 Å². The maximum Gasteiger partial charge on any atom is 0.303 e. The highest BCUT2D eigenvalue weighted by Gasteiger charge is 2.14. The summed E-state index contributed by atoms with van der Waals surface area (Å²) in [5, 5.41) is 11.7. The summed E-state index contributed by atoms with van der Waals surface area (Å²) in [5.41, 5.74) is 0. The van der Waals surface area contributed by atoms with Gasteiger partial charge in [-0.25, -0.2) is 13.1 Å². The van der Waals surface area contributed by atoms with Crippen LogP contribution in [-0.2, 0) is 19.6 Å². The fraction of sp³-hybridized carbons (Fsp3) is 0.909. The van der Waals surface area contributed by atoms with Crippen molar-refractivity contribution in [1.82, 2.24) is 10.0 Å². The van der Waals surface area contributed by atoms with E-state index in [1.807, 2.05) is 0 Å². The summed E-state index contributed by atoms with van der Waals surface area (Å²) in [6.45, 7) is 2.46. The quantitative estimate of drug-likeness (QED) is 0.497. The highest BCUT2D eigenvalue weighted by atomic mass is 32.2. The van der Waals surface area contributed by atoms with Crippen molar-refractivity contribution in [2.24, 2.45) is 0 Å². The van der Waals surface area contributed by atoms with Gasteiger partial charge in [0, 0.05) is 13.0 Å². The Balaban J connectivity index is 2.08. The second-order valence-electron chi connectivity index (χ2n) is 4.53. The molecule has 1 aliphatic heterocycles. The van der Waals surface area contributed by atoms with Crippen molar-refractivity contribution < 1.29 is 23.1 Å². The highest BCUT2D eigenvalue weighted by Crippen LogP contribution is 2.06. The van der Waals surface area contributed by atoms with E-state index < -0.39 is 16.0 Å². The van der Waals surface area contributed by atoms with E-state index >= 15 is 0 Å². The van der Waals surface area contributed by atoms with Crippen LogP contribution in [0.15, 0.2) is 0 Å². The Morgan fingerprint density at radius 1 is 1.37 bits per heavy atom. The van der Waals surface area contributed by atoms with E-state index in [2.05, 4.69) is 10.0 Å². The smallest absolute Gasteiger partial charge is 0.303 e. The van der Waals surface area contributed by atoms with Crippen LogP contribution >= 0.6 is 0 Å². The number of carbonyl (C=O) groups is 1. The molecule has 0 saturated carbocycles. The fourth-order valence-corrected chi connectivity index (χ4v) is 2.93. The maximum absolute atomic E-state index is 11.5. The van der Waals surface area contributed by atoms with Gasteiger partial charge in [0.15, 0.2) is 0 Å². The molecule has 1 saturated heterocycles. The number of rotatable bonds is 9. The third-order valence-corrected chi connectivity index (χ3v) is 4.34. The number of ether oxygens (including phenoxy) is 1. The van der Waals surface area contributed by atoms with E-state index in [0.717, 1.165) is 25.9 Å². The molecule has 1 fully saturated rings. The standard InChI is InChI=1S/C11H22N2O5S/c14-11(15)2-1-9-19(16,17)13-7-8-18-10-3-5-12-6-4-10/h10,12-13H,1-9H2,(H,14,15). The van der Waals surface area contributed by atoms with Crippen molar-refractivity contribution in [2.45, 2.75) is 31.8 Å². The van der Waals surface area contributed by atoms with Gasteiger partial charge in [0.1, 0.15) is 0 Å². The van der Waals surface area contributed by atoms with Crippen LogP contribution in [0.3, 0.4) is 0 Å². The SMILES string of the molecule is O=C(O)CCCS(=O)(=O)NCCOC1CCNCC1. The van der Waals surface area contributed by atoms with Crippen LogP contribution in [0.2, 0.25) is 0 Å². The Morgan fingerprint density at radius 2 is 2.05 bits per heavy atom. The minimum atomic E-state index is -3.39. The summed E-state index contributed by atoms with van der Waals surface area (Å²) >= 11 is 0. The van der Waals surface area contributed by atoms with Gasteiger partial charge < -0.3 is 15.2 Å². The van der Waals surface area contributed by atoms with Crippen LogP contribution in [0.5, 0.6) is 0 Å². The van der Waals surface area contributed by atoms with Crippen molar-refractivity contribution in [3.63, 3.8) is 0 Å². The Hall–Kier alpha value is -0.700. The molecule has 1 rings (SSSR count). The molecule has 1 aliphatic rings. The molecule has 7 nitrogen and oxygen atoms in total. The largest absolute Gasteiger partial charge is 0.481 e. The van der Waals surface area contributed by atoms with Crippen LogP contribution < -0.4 is 10.0 Å². The molecular weight excluding hydrogens is 272 g/mol. The van der Waals surface area contributed by atoms with E-state index in [4.69, 9.17) is 9.84 Å². The lowest BCUT2D eigenvalue weighted by Gasteiger charge is -2.22. The van der Waals surface area contributed by atoms with Crippen LogP contribution in [-0.4, -0.2) is 57.6 Å². The van der Waals surface area contributed by atoms with Crippen LogP contribution in [0.1, 0.15) is 25.7 Å². The Labute approximate surface area is 113 Å². The van der Waals surface area contributed by atoms with Gasteiger partial charge in [-0.05, 0) is 32.4 Å². The van der Waals surface area contributed by atoms with Crippen LogP contribution in [0.25, 0.3) is 0 Å². The minimum absolute atomic E-state index is 0.125. The average Bonchev–Trinajstić information content (AvgIpc) is 2.35. The third kappa shape index (κ3) is 8.14. The molecule has 0 bridgehead atoms. The number of hydrogen-bond donors (Lipinski definition) is 3. The van der Waals surface area contributed by atoms with Gasteiger partial charge in [0.2, 0.25) is 10.0 Å². The first kappa shape index (κ1) is 16.4. The molecule has 0 aliphatic carbocycles. The lowest BCUT2D eigenvalue weighted by atomic mass is 10.1. The maximum atomic E-state index is 11.5. The average molecular weight is 294 g/mol. The lowest BCUT2D eigenvalue weighted by Crippen LogP contribution is -2.35. The first-order chi connectivity index (χ1) is 8.99. The lowest BCUT2D eigenvalue weighted by molar-refractivity contribution is -0.137. The third-order valence-electron chi connectivity index (χ3n) is 2.87. The summed E-state index contributed by atoms with van der Waals surface area (Å²) in [6.07, 6.45) is 2.10. The molecule has 0 aromatic carbocycles. The zero-order chi connectivity index (χ0) is 14.1. The molecule has 0 aromatic rings. The molecule has 3 N–H and O–H groups in total. The normalized spacial score (nSPS) is 17.5. The number of piperidine rings is 1. The van der Waals surface area contributed by atoms with Gasteiger partial charge in [-0.15, -0.1) is 0 Å². The van der Waals surface area contributed by atoms with Gasteiger partial charge in [0.05, 0.1) is 18.5 Å². The van der Waals surface area contributed by atoms with Crippen LogP contribution in [0, 0.1) is 0 Å². The predicted octanol–water partition coefficient (Wildman–Crippen LogP) is -0.461. The molecule has 0 unspecified atom stereocenters.